The Morgan fingerprint density at radius 2 is 1.78 bits per heavy atom. The molecular formula is C22H26N4O. The number of amides is 1. The van der Waals surface area contributed by atoms with Crippen LogP contribution in [0.25, 0.3) is 11.0 Å². The average molecular weight is 362 g/mol. The number of imidazole rings is 1. The van der Waals surface area contributed by atoms with Crippen molar-refractivity contribution < 1.29 is 4.79 Å². The number of fused-ring (bicyclic) bond motifs is 1. The van der Waals surface area contributed by atoms with E-state index in [1.165, 1.54) is 5.52 Å². The zero-order valence-corrected chi connectivity index (χ0v) is 16.0. The number of hydrogen-bond donors (Lipinski definition) is 0. The Labute approximate surface area is 160 Å². The minimum absolute atomic E-state index is 0.224. The molecule has 27 heavy (non-hydrogen) atoms. The Hall–Kier alpha value is -2.82. The Bertz CT molecular complexity index is 921. The molecule has 3 aromatic rings. The minimum Gasteiger partial charge on any atom is -0.378 e. The number of benzene rings is 2. The highest BCUT2D eigenvalue weighted by Gasteiger charge is 2.24. The Morgan fingerprint density at radius 3 is 2.48 bits per heavy atom. The number of para-hydroxylation sites is 2. The van der Waals surface area contributed by atoms with Crippen LogP contribution in [0.4, 0.5) is 5.69 Å². The van der Waals surface area contributed by atoms with Crippen molar-refractivity contribution in [3.05, 3.63) is 60.4 Å². The molecule has 0 N–H and O–H groups in total. The number of anilines is 1. The predicted molar refractivity (Wildman–Crippen MR) is 109 cm³/mol. The van der Waals surface area contributed by atoms with Gasteiger partial charge in [0, 0.05) is 38.9 Å². The number of carbonyl (C=O) groups is 1. The number of carbonyl (C=O) groups excluding carboxylic acids is 1. The fourth-order valence-corrected chi connectivity index (χ4v) is 3.86. The Kier molecular flexibility index (Phi) is 4.84. The SMILES string of the molecule is CN(C)c1ccc(CC(=O)N2CCC(n3cnc4ccccc43)CC2)cc1. The highest BCUT2D eigenvalue weighted by molar-refractivity contribution is 5.79. The number of likely N-dealkylation sites (tertiary alicyclic amines) is 1. The molecule has 1 amide bonds. The third kappa shape index (κ3) is 3.68. The molecule has 1 aromatic heterocycles. The molecule has 1 aliphatic heterocycles. The van der Waals surface area contributed by atoms with E-state index in [2.05, 4.69) is 50.8 Å². The summed E-state index contributed by atoms with van der Waals surface area (Å²) in [5.74, 6) is 0.224. The standard InChI is InChI=1S/C22H26N4O/c1-24(2)18-9-7-17(8-10-18)15-22(27)25-13-11-19(12-14-25)26-16-23-20-5-3-4-6-21(20)26/h3-10,16,19H,11-15H2,1-2H3. The summed E-state index contributed by atoms with van der Waals surface area (Å²) < 4.78 is 2.27. The lowest BCUT2D eigenvalue weighted by Crippen LogP contribution is -2.39. The molecular weight excluding hydrogens is 336 g/mol. The van der Waals surface area contributed by atoms with Gasteiger partial charge in [-0.15, -0.1) is 0 Å². The van der Waals surface area contributed by atoms with Crippen LogP contribution >= 0.6 is 0 Å². The number of aromatic nitrogens is 2. The summed E-state index contributed by atoms with van der Waals surface area (Å²) >= 11 is 0. The van der Waals surface area contributed by atoms with Crippen LogP contribution < -0.4 is 4.90 Å². The first-order valence-electron chi connectivity index (χ1n) is 9.57. The first kappa shape index (κ1) is 17.6. The Morgan fingerprint density at radius 1 is 1.07 bits per heavy atom. The van der Waals surface area contributed by atoms with E-state index in [0.717, 1.165) is 42.7 Å². The highest BCUT2D eigenvalue weighted by Crippen LogP contribution is 2.27. The second-order valence-electron chi connectivity index (χ2n) is 7.49. The van der Waals surface area contributed by atoms with E-state index in [9.17, 15) is 4.79 Å². The fourth-order valence-electron chi connectivity index (χ4n) is 3.86. The van der Waals surface area contributed by atoms with Crippen molar-refractivity contribution >= 4 is 22.6 Å². The summed E-state index contributed by atoms with van der Waals surface area (Å²) in [4.78, 5) is 21.3. The van der Waals surface area contributed by atoms with Crippen molar-refractivity contribution in [3.63, 3.8) is 0 Å². The third-order valence-electron chi connectivity index (χ3n) is 5.50. The molecule has 0 radical (unpaired) electrons. The number of piperidine rings is 1. The molecule has 0 bridgehead atoms. The van der Waals surface area contributed by atoms with E-state index in [0.29, 0.717) is 12.5 Å². The zero-order valence-electron chi connectivity index (χ0n) is 16.0. The van der Waals surface area contributed by atoms with Gasteiger partial charge in [-0.2, -0.15) is 0 Å². The van der Waals surface area contributed by atoms with Gasteiger partial charge in [0.2, 0.25) is 5.91 Å². The highest BCUT2D eigenvalue weighted by atomic mass is 16.2. The summed E-state index contributed by atoms with van der Waals surface area (Å²) in [6.45, 7) is 1.62. The predicted octanol–water partition coefficient (Wildman–Crippen LogP) is 3.51. The molecule has 1 fully saturated rings. The van der Waals surface area contributed by atoms with Gasteiger partial charge in [-0.1, -0.05) is 24.3 Å². The molecule has 2 aromatic carbocycles. The maximum absolute atomic E-state index is 12.7. The quantitative estimate of drug-likeness (QED) is 0.713. The van der Waals surface area contributed by atoms with Crippen LogP contribution in [-0.4, -0.2) is 47.5 Å². The first-order valence-corrected chi connectivity index (χ1v) is 9.57. The van der Waals surface area contributed by atoms with Crippen LogP contribution in [0.2, 0.25) is 0 Å². The lowest BCUT2D eigenvalue weighted by atomic mass is 10.0. The smallest absolute Gasteiger partial charge is 0.226 e. The summed E-state index contributed by atoms with van der Waals surface area (Å²) in [7, 11) is 4.04. The second-order valence-corrected chi connectivity index (χ2v) is 7.49. The summed E-state index contributed by atoms with van der Waals surface area (Å²) in [5, 5.41) is 0. The molecule has 1 saturated heterocycles. The van der Waals surface area contributed by atoms with Crippen molar-refractivity contribution in [2.24, 2.45) is 0 Å². The van der Waals surface area contributed by atoms with Gasteiger partial charge < -0.3 is 14.4 Å². The van der Waals surface area contributed by atoms with Crippen molar-refractivity contribution in [2.75, 3.05) is 32.1 Å². The van der Waals surface area contributed by atoms with Crippen LogP contribution in [0.3, 0.4) is 0 Å². The zero-order chi connectivity index (χ0) is 18.8. The number of hydrogen-bond acceptors (Lipinski definition) is 3. The van der Waals surface area contributed by atoms with Gasteiger partial charge in [0.1, 0.15) is 0 Å². The van der Waals surface area contributed by atoms with Crippen LogP contribution in [0.15, 0.2) is 54.9 Å². The van der Waals surface area contributed by atoms with Gasteiger partial charge in [-0.25, -0.2) is 4.98 Å². The molecule has 1 aliphatic rings. The fraction of sp³-hybridized carbons (Fsp3) is 0.364. The second kappa shape index (κ2) is 7.43. The van der Waals surface area contributed by atoms with Gasteiger partial charge in [-0.3, -0.25) is 4.79 Å². The van der Waals surface area contributed by atoms with Gasteiger partial charge in [0.15, 0.2) is 0 Å². The lowest BCUT2D eigenvalue weighted by molar-refractivity contribution is -0.131. The van der Waals surface area contributed by atoms with Crippen molar-refractivity contribution in [3.8, 4) is 0 Å². The molecule has 140 valence electrons. The van der Waals surface area contributed by atoms with Gasteiger partial charge >= 0.3 is 0 Å². The molecule has 0 unspecified atom stereocenters. The molecule has 4 rings (SSSR count). The Balaban J connectivity index is 1.36. The van der Waals surface area contributed by atoms with E-state index >= 15 is 0 Å². The summed E-state index contributed by atoms with van der Waals surface area (Å²) in [6, 6.07) is 16.9. The van der Waals surface area contributed by atoms with Crippen molar-refractivity contribution in [1.82, 2.24) is 14.5 Å². The first-order chi connectivity index (χ1) is 13.1. The molecule has 0 atom stereocenters. The van der Waals surface area contributed by atoms with E-state index < -0.39 is 0 Å². The van der Waals surface area contributed by atoms with E-state index in [1.54, 1.807) is 0 Å². The monoisotopic (exact) mass is 362 g/mol. The minimum atomic E-state index is 0.224. The average Bonchev–Trinajstić information content (AvgIpc) is 3.12. The van der Waals surface area contributed by atoms with Crippen molar-refractivity contribution in [2.45, 2.75) is 25.3 Å². The van der Waals surface area contributed by atoms with Gasteiger partial charge in [0.25, 0.3) is 0 Å². The van der Waals surface area contributed by atoms with Gasteiger partial charge in [0.05, 0.1) is 23.8 Å². The molecule has 0 saturated carbocycles. The molecule has 0 aliphatic carbocycles. The van der Waals surface area contributed by atoms with Crippen LogP contribution in [0, 0.1) is 0 Å². The number of nitrogens with zero attached hydrogens (tertiary/aromatic N) is 4. The van der Waals surface area contributed by atoms with Crippen LogP contribution in [-0.2, 0) is 11.2 Å². The summed E-state index contributed by atoms with van der Waals surface area (Å²) in [6.07, 6.45) is 4.38. The molecule has 2 heterocycles. The van der Waals surface area contributed by atoms with E-state index in [-0.39, 0.29) is 5.91 Å². The molecule has 5 nitrogen and oxygen atoms in total. The van der Waals surface area contributed by atoms with Crippen LogP contribution in [0.5, 0.6) is 0 Å². The third-order valence-corrected chi connectivity index (χ3v) is 5.50. The van der Waals surface area contributed by atoms with Gasteiger partial charge in [-0.05, 0) is 42.7 Å². The summed E-state index contributed by atoms with van der Waals surface area (Å²) in [5.41, 5.74) is 4.45. The molecule has 0 spiro atoms. The van der Waals surface area contributed by atoms with E-state index in [1.807, 2.05) is 37.5 Å². The van der Waals surface area contributed by atoms with Crippen molar-refractivity contribution in [1.29, 1.82) is 0 Å². The number of rotatable bonds is 4. The lowest BCUT2D eigenvalue weighted by Gasteiger charge is -2.33. The largest absolute Gasteiger partial charge is 0.378 e. The molecule has 5 heteroatoms. The van der Waals surface area contributed by atoms with Crippen LogP contribution in [0.1, 0.15) is 24.4 Å². The van der Waals surface area contributed by atoms with E-state index in [4.69, 9.17) is 0 Å². The normalized spacial score (nSPS) is 15.3. The topological polar surface area (TPSA) is 41.4 Å². The maximum Gasteiger partial charge on any atom is 0.226 e. The maximum atomic E-state index is 12.7.